The van der Waals surface area contributed by atoms with Gasteiger partial charge in [0.25, 0.3) is 0 Å². The van der Waals surface area contributed by atoms with Gasteiger partial charge in [-0.3, -0.25) is 9.80 Å². The monoisotopic (exact) mass is 323 g/mol. The van der Waals surface area contributed by atoms with Crippen LogP contribution in [0.1, 0.15) is 18.5 Å². The third kappa shape index (κ3) is 2.87. The van der Waals surface area contributed by atoms with E-state index in [1.807, 2.05) is 0 Å². The maximum Gasteiger partial charge on any atom is 0.0351 e. The highest BCUT2D eigenvalue weighted by Crippen LogP contribution is 2.31. The van der Waals surface area contributed by atoms with Crippen LogP contribution < -0.4 is 5.32 Å². The molecule has 3 rings (SSSR count). The maximum absolute atomic E-state index is 3.66. The molecule has 0 aromatic heterocycles. The molecule has 1 atom stereocenters. The van der Waals surface area contributed by atoms with Crippen LogP contribution in [0, 0.1) is 0 Å². The van der Waals surface area contributed by atoms with E-state index in [4.69, 9.17) is 0 Å². The van der Waals surface area contributed by atoms with Crippen LogP contribution in [0.4, 0.5) is 0 Å². The number of piperazine rings is 1. The molecule has 0 spiro atoms. The zero-order valence-corrected chi connectivity index (χ0v) is 13.1. The highest BCUT2D eigenvalue weighted by Gasteiger charge is 2.35. The van der Waals surface area contributed by atoms with Crippen LogP contribution in [0.25, 0.3) is 0 Å². The molecule has 2 fully saturated rings. The summed E-state index contributed by atoms with van der Waals surface area (Å²) >= 11 is 3.66. The quantitative estimate of drug-likeness (QED) is 0.919. The van der Waals surface area contributed by atoms with Crippen molar-refractivity contribution >= 4 is 15.9 Å². The standard InChI is InChI=1S/C15H22BrN3/c1-12(14-4-2-3-5-15(14)16)19-10-13(11-19)18-8-6-17-7-9-18/h2-5,12-13,17H,6-11H2,1H3. The number of benzene rings is 1. The van der Waals surface area contributed by atoms with Crippen LogP contribution in [0.3, 0.4) is 0 Å². The molecule has 3 nitrogen and oxygen atoms in total. The molecule has 1 aromatic rings. The topological polar surface area (TPSA) is 18.5 Å². The molecule has 0 radical (unpaired) electrons. The summed E-state index contributed by atoms with van der Waals surface area (Å²) in [7, 11) is 0. The Bertz CT molecular complexity index is 425. The number of nitrogens with zero attached hydrogens (tertiary/aromatic N) is 2. The fourth-order valence-corrected chi connectivity index (χ4v) is 3.71. The van der Waals surface area contributed by atoms with E-state index in [1.165, 1.54) is 36.2 Å². The number of hydrogen-bond acceptors (Lipinski definition) is 3. The van der Waals surface area contributed by atoms with Crippen molar-refractivity contribution in [2.75, 3.05) is 39.3 Å². The third-order valence-electron chi connectivity index (χ3n) is 4.46. The van der Waals surface area contributed by atoms with Crippen molar-refractivity contribution < 1.29 is 0 Å². The van der Waals surface area contributed by atoms with E-state index >= 15 is 0 Å². The molecule has 0 bridgehead atoms. The first-order valence-electron chi connectivity index (χ1n) is 7.19. The van der Waals surface area contributed by atoms with Gasteiger partial charge < -0.3 is 5.32 Å². The summed E-state index contributed by atoms with van der Waals surface area (Å²) in [4.78, 5) is 5.21. The first-order valence-corrected chi connectivity index (χ1v) is 7.98. The molecule has 1 unspecified atom stereocenters. The SMILES string of the molecule is CC(c1ccccc1Br)N1CC(N2CCNCC2)C1. The lowest BCUT2D eigenvalue weighted by molar-refractivity contribution is 0.00331. The van der Waals surface area contributed by atoms with Gasteiger partial charge in [-0.15, -0.1) is 0 Å². The van der Waals surface area contributed by atoms with Gasteiger partial charge in [-0.2, -0.15) is 0 Å². The third-order valence-corrected chi connectivity index (χ3v) is 5.18. The Hall–Kier alpha value is -0.420. The van der Waals surface area contributed by atoms with Crippen LogP contribution in [0.2, 0.25) is 0 Å². The smallest absolute Gasteiger partial charge is 0.0351 e. The zero-order chi connectivity index (χ0) is 13.2. The molecule has 2 saturated heterocycles. The van der Waals surface area contributed by atoms with E-state index < -0.39 is 0 Å². The Balaban J connectivity index is 1.56. The Kier molecular flexibility index (Phi) is 4.22. The number of rotatable bonds is 3. The summed E-state index contributed by atoms with van der Waals surface area (Å²) in [6.07, 6.45) is 0. The summed E-state index contributed by atoms with van der Waals surface area (Å²) in [5.41, 5.74) is 1.40. The molecule has 1 aromatic carbocycles. The normalized spacial score (nSPS) is 24.1. The first kappa shape index (κ1) is 13.6. The van der Waals surface area contributed by atoms with Crippen LogP contribution in [0.5, 0.6) is 0 Å². The van der Waals surface area contributed by atoms with Crippen molar-refractivity contribution in [1.82, 2.24) is 15.1 Å². The van der Waals surface area contributed by atoms with Crippen LogP contribution in [-0.2, 0) is 0 Å². The minimum absolute atomic E-state index is 0.509. The molecule has 19 heavy (non-hydrogen) atoms. The summed E-state index contributed by atoms with van der Waals surface area (Å²) in [6.45, 7) is 9.45. The molecule has 4 heteroatoms. The van der Waals surface area contributed by atoms with Gasteiger partial charge >= 0.3 is 0 Å². The van der Waals surface area contributed by atoms with E-state index in [0.29, 0.717) is 6.04 Å². The van der Waals surface area contributed by atoms with Crippen molar-refractivity contribution in [1.29, 1.82) is 0 Å². The van der Waals surface area contributed by atoms with Crippen LogP contribution in [-0.4, -0.2) is 55.1 Å². The van der Waals surface area contributed by atoms with E-state index in [1.54, 1.807) is 0 Å². The van der Waals surface area contributed by atoms with Crippen LogP contribution in [0.15, 0.2) is 28.7 Å². The minimum atomic E-state index is 0.509. The lowest BCUT2D eigenvalue weighted by atomic mass is 9.99. The Morgan fingerprint density at radius 1 is 1.21 bits per heavy atom. The molecule has 2 heterocycles. The number of likely N-dealkylation sites (tertiary alicyclic amines) is 1. The summed E-state index contributed by atoms with van der Waals surface area (Å²) < 4.78 is 1.23. The lowest BCUT2D eigenvalue weighted by Gasteiger charge is -2.49. The number of halogens is 1. The number of nitrogens with one attached hydrogen (secondary N) is 1. The van der Waals surface area contributed by atoms with Crippen molar-refractivity contribution in [3.05, 3.63) is 34.3 Å². The molecule has 0 aliphatic carbocycles. The Morgan fingerprint density at radius 2 is 1.89 bits per heavy atom. The summed E-state index contributed by atoms with van der Waals surface area (Å²) in [5.74, 6) is 0. The van der Waals surface area contributed by atoms with Crippen LogP contribution >= 0.6 is 15.9 Å². The van der Waals surface area contributed by atoms with Crippen molar-refractivity contribution in [3.63, 3.8) is 0 Å². The largest absolute Gasteiger partial charge is 0.314 e. The Morgan fingerprint density at radius 3 is 2.58 bits per heavy atom. The molecule has 104 valence electrons. The second kappa shape index (κ2) is 5.92. The highest BCUT2D eigenvalue weighted by atomic mass is 79.9. The fraction of sp³-hybridized carbons (Fsp3) is 0.600. The molecule has 0 saturated carbocycles. The second-order valence-electron chi connectivity index (χ2n) is 5.59. The fourth-order valence-electron chi connectivity index (χ4n) is 3.09. The number of hydrogen-bond donors (Lipinski definition) is 1. The molecule has 1 N–H and O–H groups in total. The van der Waals surface area contributed by atoms with Gasteiger partial charge in [0.1, 0.15) is 0 Å². The van der Waals surface area contributed by atoms with Crippen molar-refractivity contribution in [2.24, 2.45) is 0 Å². The van der Waals surface area contributed by atoms with Gasteiger partial charge in [0.15, 0.2) is 0 Å². The first-order chi connectivity index (χ1) is 9.25. The van der Waals surface area contributed by atoms with Gasteiger partial charge in [0.05, 0.1) is 0 Å². The highest BCUT2D eigenvalue weighted by molar-refractivity contribution is 9.10. The molecular weight excluding hydrogens is 302 g/mol. The van der Waals surface area contributed by atoms with Gasteiger partial charge in [-0.25, -0.2) is 0 Å². The molecule has 0 amide bonds. The second-order valence-corrected chi connectivity index (χ2v) is 6.45. The average Bonchev–Trinajstić information content (AvgIpc) is 2.38. The van der Waals surface area contributed by atoms with E-state index in [0.717, 1.165) is 19.1 Å². The molecule has 2 aliphatic heterocycles. The predicted molar refractivity (Wildman–Crippen MR) is 82.4 cm³/mol. The summed E-state index contributed by atoms with van der Waals surface area (Å²) in [6, 6.07) is 9.86. The van der Waals surface area contributed by atoms with Gasteiger partial charge in [-0.1, -0.05) is 34.1 Å². The maximum atomic E-state index is 3.66. The molecule has 2 aliphatic rings. The van der Waals surface area contributed by atoms with Gasteiger partial charge in [-0.05, 0) is 18.6 Å². The van der Waals surface area contributed by atoms with E-state index in [-0.39, 0.29) is 0 Å². The van der Waals surface area contributed by atoms with Gasteiger partial charge in [0.2, 0.25) is 0 Å². The predicted octanol–water partition coefficient (Wildman–Crippen LogP) is 2.10. The lowest BCUT2D eigenvalue weighted by Crippen LogP contribution is -2.62. The average molecular weight is 324 g/mol. The Labute approximate surface area is 124 Å². The summed E-state index contributed by atoms with van der Waals surface area (Å²) in [5, 5.41) is 3.42. The zero-order valence-electron chi connectivity index (χ0n) is 11.5. The van der Waals surface area contributed by atoms with Gasteiger partial charge in [0, 0.05) is 55.8 Å². The van der Waals surface area contributed by atoms with E-state index in [2.05, 4.69) is 62.2 Å². The minimum Gasteiger partial charge on any atom is -0.314 e. The van der Waals surface area contributed by atoms with Crippen molar-refractivity contribution in [2.45, 2.75) is 19.0 Å². The van der Waals surface area contributed by atoms with E-state index in [9.17, 15) is 0 Å². The van der Waals surface area contributed by atoms with Crippen molar-refractivity contribution in [3.8, 4) is 0 Å². The molecular formula is C15H22BrN3.